The quantitative estimate of drug-likeness (QED) is 0.858. The SMILES string of the molecule is COC(=O)[C@H]1CC[C@@H](Nc2ncccc2C(=O)N2CCCCC2)C1. The lowest BCUT2D eigenvalue weighted by Crippen LogP contribution is -2.36. The number of nitrogens with one attached hydrogen (secondary N) is 1. The molecular weight excluding hydrogens is 306 g/mol. The number of hydrogen-bond donors (Lipinski definition) is 1. The zero-order valence-electron chi connectivity index (χ0n) is 14.2. The van der Waals surface area contributed by atoms with Crippen molar-refractivity contribution in [3.05, 3.63) is 23.9 Å². The highest BCUT2D eigenvalue weighted by molar-refractivity contribution is 5.98. The number of rotatable bonds is 4. The number of hydrogen-bond acceptors (Lipinski definition) is 5. The molecule has 1 aliphatic heterocycles. The number of esters is 1. The molecule has 1 saturated heterocycles. The number of carbonyl (C=O) groups excluding carboxylic acids is 2. The van der Waals surface area contributed by atoms with Crippen LogP contribution in [0.2, 0.25) is 0 Å². The Kier molecular flexibility index (Phi) is 5.33. The molecule has 0 bridgehead atoms. The highest BCUT2D eigenvalue weighted by atomic mass is 16.5. The van der Waals surface area contributed by atoms with Crippen molar-refractivity contribution in [2.45, 2.75) is 44.6 Å². The van der Waals surface area contributed by atoms with Crippen LogP contribution in [0.25, 0.3) is 0 Å². The minimum atomic E-state index is -0.148. The normalized spacial score (nSPS) is 23.8. The lowest BCUT2D eigenvalue weighted by atomic mass is 10.1. The van der Waals surface area contributed by atoms with E-state index in [0.29, 0.717) is 11.4 Å². The van der Waals surface area contributed by atoms with Gasteiger partial charge in [0, 0.05) is 25.3 Å². The predicted molar refractivity (Wildman–Crippen MR) is 90.8 cm³/mol. The number of likely N-dealkylation sites (tertiary alicyclic amines) is 1. The molecule has 2 atom stereocenters. The molecule has 1 aromatic heterocycles. The fourth-order valence-electron chi connectivity index (χ4n) is 3.65. The molecule has 6 nitrogen and oxygen atoms in total. The van der Waals surface area contributed by atoms with E-state index in [9.17, 15) is 9.59 Å². The fourth-order valence-corrected chi connectivity index (χ4v) is 3.65. The number of amides is 1. The van der Waals surface area contributed by atoms with Crippen LogP contribution in [0.5, 0.6) is 0 Å². The number of carbonyl (C=O) groups is 2. The molecule has 6 heteroatoms. The van der Waals surface area contributed by atoms with E-state index >= 15 is 0 Å². The van der Waals surface area contributed by atoms with E-state index in [-0.39, 0.29) is 23.8 Å². The average Bonchev–Trinajstić information content (AvgIpc) is 3.10. The van der Waals surface area contributed by atoms with E-state index in [1.54, 1.807) is 12.3 Å². The minimum Gasteiger partial charge on any atom is -0.469 e. The van der Waals surface area contributed by atoms with Gasteiger partial charge in [-0.25, -0.2) is 4.98 Å². The Morgan fingerprint density at radius 1 is 1.25 bits per heavy atom. The van der Waals surface area contributed by atoms with Crippen LogP contribution in [-0.4, -0.2) is 48.0 Å². The minimum absolute atomic E-state index is 0.0489. The standard InChI is InChI=1S/C18H25N3O3/c1-24-18(23)13-7-8-14(12-13)20-16-15(6-5-9-19-16)17(22)21-10-3-2-4-11-21/h5-6,9,13-14H,2-4,7-8,10-12H2,1H3,(H,19,20)/t13-,14+/m0/s1. The molecule has 24 heavy (non-hydrogen) atoms. The molecule has 1 N–H and O–H groups in total. The Hall–Kier alpha value is -2.11. The van der Waals surface area contributed by atoms with Gasteiger partial charge in [-0.05, 0) is 50.7 Å². The summed E-state index contributed by atoms with van der Waals surface area (Å²) in [5.41, 5.74) is 0.626. The first-order chi connectivity index (χ1) is 11.7. The summed E-state index contributed by atoms with van der Waals surface area (Å²) in [5, 5.41) is 3.37. The number of ether oxygens (including phenoxy) is 1. The van der Waals surface area contributed by atoms with Gasteiger partial charge in [0.1, 0.15) is 5.82 Å². The van der Waals surface area contributed by atoms with Crippen molar-refractivity contribution in [1.82, 2.24) is 9.88 Å². The Morgan fingerprint density at radius 2 is 2.04 bits per heavy atom. The molecule has 2 aliphatic rings. The first kappa shape index (κ1) is 16.7. The number of anilines is 1. The van der Waals surface area contributed by atoms with Crippen LogP contribution in [0.15, 0.2) is 18.3 Å². The van der Waals surface area contributed by atoms with Crippen LogP contribution in [0.1, 0.15) is 48.9 Å². The number of nitrogens with zero attached hydrogens (tertiary/aromatic N) is 2. The maximum atomic E-state index is 12.8. The first-order valence-electron chi connectivity index (χ1n) is 8.77. The van der Waals surface area contributed by atoms with Crippen molar-refractivity contribution in [2.75, 3.05) is 25.5 Å². The van der Waals surface area contributed by atoms with Crippen LogP contribution in [-0.2, 0) is 9.53 Å². The summed E-state index contributed by atoms with van der Waals surface area (Å²) < 4.78 is 4.83. The van der Waals surface area contributed by atoms with Gasteiger partial charge < -0.3 is 15.0 Å². The summed E-state index contributed by atoms with van der Waals surface area (Å²) in [4.78, 5) is 30.7. The predicted octanol–water partition coefficient (Wildman–Crippen LogP) is 2.46. The first-order valence-corrected chi connectivity index (χ1v) is 8.77. The number of piperidine rings is 1. The lowest BCUT2D eigenvalue weighted by molar-refractivity contribution is -0.145. The van der Waals surface area contributed by atoms with E-state index < -0.39 is 0 Å². The summed E-state index contributed by atoms with van der Waals surface area (Å²) in [7, 11) is 1.43. The van der Waals surface area contributed by atoms with Crippen molar-refractivity contribution >= 4 is 17.7 Å². The van der Waals surface area contributed by atoms with Gasteiger partial charge in [-0.2, -0.15) is 0 Å². The van der Waals surface area contributed by atoms with Gasteiger partial charge in [-0.15, -0.1) is 0 Å². The third-order valence-corrected chi connectivity index (χ3v) is 4.99. The zero-order chi connectivity index (χ0) is 16.9. The summed E-state index contributed by atoms with van der Waals surface area (Å²) in [6.07, 6.45) is 7.44. The number of aromatic nitrogens is 1. The van der Waals surface area contributed by atoms with Crippen LogP contribution in [0.4, 0.5) is 5.82 Å². The Balaban J connectivity index is 1.68. The molecule has 1 saturated carbocycles. The molecule has 130 valence electrons. The molecule has 2 heterocycles. The fraction of sp³-hybridized carbons (Fsp3) is 0.611. The van der Waals surface area contributed by atoms with E-state index in [1.807, 2.05) is 11.0 Å². The van der Waals surface area contributed by atoms with E-state index in [0.717, 1.165) is 45.2 Å². The van der Waals surface area contributed by atoms with Crippen molar-refractivity contribution in [3.8, 4) is 0 Å². The van der Waals surface area contributed by atoms with Crippen LogP contribution < -0.4 is 5.32 Å². The third kappa shape index (κ3) is 3.68. The smallest absolute Gasteiger partial charge is 0.308 e. The monoisotopic (exact) mass is 331 g/mol. The summed E-state index contributed by atoms with van der Waals surface area (Å²) in [6, 6.07) is 3.78. The van der Waals surface area contributed by atoms with Gasteiger partial charge in [0.2, 0.25) is 0 Å². The maximum absolute atomic E-state index is 12.8. The van der Waals surface area contributed by atoms with E-state index in [1.165, 1.54) is 13.5 Å². The maximum Gasteiger partial charge on any atom is 0.308 e. The molecule has 0 aromatic carbocycles. The topological polar surface area (TPSA) is 71.5 Å². The van der Waals surface area contributed by atoms with Crippen molar-refractivity contribution < 1.29 is 14.3 Å². The molecule has 3 rings (SSSR count). The van der Waals surface area contributed by atoms with Crippen molar-refractivity contribution in [1.29, 1.82) is 0 Å². The van der Waals surface area contributed by atoms with Crippen LogP contribution in [0.3, 0.4) is 0 Å². The average molecular weight is 331 g/mol. The summed E-state index contributed by atoms with van der Waals surface area (Å²) in [6.45, 7) is 1.64. The Bertz CT molecular complexity index is 599. The van der Waals surface area contributed by atoms with Gasteiger partial charge >= 0.3 is 5.97 Å². The Morgan fingerprint density at radius 3 is 2.79 bits per heavy atom. The molecule has 1 amide bonds. The highest BCUT2D eigenvalue weighted by Gasteiger charge is 2.31. The third-order valence-electron chi connectivity index (χ3n) is 4.99. The molecule has 0 spiro atoms. The van der Waals surface area contributed by atoms with Gasteiger partial charge in [-0.1, -0.05) is 0 Å². The summed E-state index contributed by atoms with van der Waals surface area (Å²) in [5.74, 6) is 0.471. The number of pyridine rings is 1. The zero-order valence-corrected chi connectivity index (χ0v) is 14.2. The van der Waals surface area contributed by atoms with E-state index in [2.05, 4.69) is 10.3 Å². The van der Waals surface area contributed by atoms with E-state index in [4.69, 9.17) is 4.74 Å². The molecule has 0 radical (unpaired) electrons. The molecule has 0 unspecified atom stereocenters. The van der Waals surface area contributed by atoms with Gasteiger partial charge in [0.25, 0.3) is 5.91 Å². The van der Waals surface area contributed by atoms with Gasteiger partial charge in [-0.3, -0.25) is 9.59 Å². The second-order valence-corrected chi connectivity index (χ2v) is 6.63. The van der Waals surface area contributed by atoms with Crippen LogP contribution in [0, 0.1) is 5.92 Å². The van der Waals surface area contributed by atoms with Crippen molar-refractivity contribution in [2.24, 2.45) is 5.92 Å². The molecular formula is C18H25N3O3. The highest BCUT2D eigenvalue weighted by Crippen LogP contribution is 2.29. The molecule has 1 aromatic rings. The van der Waals surface area contributed by atoms with Gasteiger partial charge in [0.05, 0.1) is 18.6 Å². The largest absolute Gasteiger partial charge is 0.469 e. The second-order valence-electron chi connectivity index (χ2n) is 6.63. The lowest BCUT2D eigenvalue weighted by Gasteiger charge is -2.27. The van der Waals surface area contributed by atoms with Crippen molar-refractivity contribution in [3.63, 3.8) is 0 Å². The Labute approximate surface area is 142 Å². The van der Waals surface area contributed by atoms with Crippen LogP contribution >= 0.6 is 0 Å². The van der Waals surface area contributed by atoms with Gasteiger partial charge in [0.15, 0.2) is 0 Å². The number of methoxy groups -OCH3 is 1. The molecule has 1 aliphatic carbocycles. The second kappa shape index (κ2) is 7.64. The summed E-state index contributed by atoms with van der Waals surface area (Å²) >= 11 is 0. The molecule has 2 fully saturated rings.